The average Bonchev–Trinajstić information content (AvgIpc) is 2.87. The maximum Gasteiger partial charge on any atom is 0.273 e. The van der Waals surface area contributed by atoms with Crippen molar-refractivity contribution in [1.29, 1.82) is 0 Å². The van der Waals surface area contributed by atoms with E-state index in [-0.39, 0.29) is 5.69 Å². The first-order valence-electron chi connectivity index (χ1n) is 5.64. The molecule has 2 aromatic rings. The van der Waals surface area contributed by atoms with E-state index < -0.39 is 4.92 Å². The molecule has 1 N–H and O–H groups in total. The van der Waals surface area contributed by atoms with Gasteiger partial charge < -0.3 is 5.32 Å². The van der Waals surface area contributed by atoms with Gasteiger partial charge in [0.1, 0.15) is 0 Å². The largest absolute Gasteiger partial charge is 0.311 e. The van der Waals surface area contributed by atoms with Crippen LogP contribution in [0.15, 0.2) is 30.6 Å². The molecule has 0 atom stereocenters. The zero-order valence-corrected chi connectivity index (χ0v) is 10.7. The number of nitro groups is 1. The predicted molar refractivity (Wildman–Crippen MR) is 69.8 cm³/mol. The maximum absolute atomic E-state index is 10.9. The first-order chi connectivity index (χ1) is 9.16. The molecule has 0 spiro atoms. The number of rotatable bonds is 6. The Labute approximate surface area is 114 Å². The fourth-order valence-corrected chi connectivity index (χ4v) is 1.84. The fourth-order valence-electron chi connectivity index (χ4n) is 1.64. The van der Waals surface area contributed by atoms with E-state index in [1.807, 2.05) is 0 Å². The molecule has 8 heteroatoms. The van der Waals surface area contributed by atoms with Crippen LogP contribution in [-0.4, -0.2) is 26.5 Å². The summed E-state index contributed by atoms with van der Waals surface area (Å²) in [6.45, 7) is 1.66. The highest BCUT2D eigenvalue weighted by molar-refractivity contribution is 6.30. The lowest BCUT2D eigenvalue weighted by Crippen LogP contribution is -2.20. The van der Waals surface area contributed by atoms with Crippen LogP contribution in [0.2, 0.25) is 5.02 Å². The minimum atomic E-state index is -0.412. The van der Waals surface area contributed by atoms with Crippen LogP contribution < -0.4 is 5.32 Å². The van der Waals surface area contributed by atoms with Gasteiger partial charge in [-0.05, 0) is 12.1 Å². The van der Waals surface area contributed by atoms with Crippen molar-refractivity contribution >= 4 is 17.3 Å². The molecule has 100 valence electrons. The lowest BCUT2D eigenvalue weighted by molar-refractivity contribution is -0.385. The number of aromatic nitrogens is 3. The normalized spacial score (nSPS) is 10.6. The smallest absolute Gasteiger partial charge is 0.273 e. The van der Waals surface area contributed by atoms with Crippen molar-refractivity contribution in [1.82, 2.24) is 20.3 Å². The molecule has 1 heterocycles. The minimum absolute atomic E-state index is 0.0673. The van der Waals surface area contributed by atoms with Crippen LogP contribution >= 0.6 is 11.6 Å². The highest BCUT2D eigenvalue weighted by Crippen LogP contribution is 2.22. The summed E-state index contributed by atoms with van der Waals surface area (Å²) in [4.78, 5) is 10.5. The summed E-state index contributed by atoms with van der Waals surface area (Å²) in [5, 5.41) is 22.0. The molecular formula is C11H12ClN5O2. The van der Waals surface area contributed by atoms with Gasteiger partial charge >= 0.3 is 0 Å². The highest BCUT2D eigenvalue weighted by atomic mass is 35.5. The van der Waals surface area contributed by atoms with E-state index in [1.54, 1.807) is 23.1 Å². The van der Waals surface area contributed by atoms with E-state index in [0.29, 0.717) is 30.2 Å². The zero-order valence-electron chi connectivity index (χ0n) is 9.99. The standard InChI is InChI=1S/C11H12ClN5O2/c12-10-1-2-11(17(18)19)9(7-10)8-13-3-5-16-6-4-14-15-16/h1-2,4,6-7,13H,3,5,8H2. The van der Waals surface area contributed by atoms with Crippen LogP contribution in [0, 0.1) is 10.1 Å². The van der Waals surface area contributed by atoms with Gasteiger partial charge in [-0.3, -0.25) is 14.8 Å². The quantitative estimate of drug-likeness (QED) is 0.494. The van der Waals surface area contributed by atoms with Gasteiger partial charge in [0.2, 0.25) is 0 Å². The Morgan fingerprint density at radius 1 is 1.47 bits per heavy atom. The molecule has 0 fully saturated rings. The third kappa shape index (κ3) is 3.73. The van der Waals surface area contributed by atoms with E-state index in [4.69, 9.17) is 11.6 Å². The molecule has 0 amide bonds. The van der Waals surface area contributed by atoms with Crippen LogP contribution in [0.4, 0.5) is 5.69 Å². The second-order valence-corrected chi connectivity index (χ2v) is 4.31. The first-order valence-corrected chi connectivity index (χ1v) is 6.02. The van der Waals surface area contributed by atoms with Crippen LogP contribution in [0.3, 0.4) is 0 Å². The molecular weight excluding hydrogens is 270 g/mol. The third-order valence-electron chi connectivity index (χ3n) is 2.54. The Morgan fingerprint density at radius 3 is 3.00 bits per heavy atom. The van der Waals surface area contributed by atoms with E-state index in [2.05, 4.69) is 15.6 Å². The summed E-state index contributed by atoms with van der Waals surface area (Å²) in [6.07, 6.45) is 3.35. The molecule has 1 aromatic carbocycles. The van der Waals surface area contributed by atoms with Gasteiger partial charge in [-0.1, -0.05) is 16.8 Å². The van der Waals surface area contributed by atoms with Gasteiger partial charge in [0.05, 0.1) is 17.7 Å². The molecule has 0 saturated heterocycles. The molecule has 0 saturated carbocycles. The average molecular weight is 282 g/mol. The van der Waals surface area contributed by atoms with Crippen LogP contribution in [-0.2, 0) is 13.1 Å². The Bertz CT molecular complexity index is 558. The molecule has 19 heavy (non-hydrogen) atoms. The maximum atomic E-state index is 10.9. The molecule has 0 unspecified atom stereocenters. The van der Waals surface area contributed by atoms with Crippen molar-refractivity contribution in [2.75, 3.05) is 6.54 Å². The summed E-state index contributed by atoms with van der Waals surface area (Å²) in [6, 6.07) is 4.53. The minimum Gasteiger partial charge on any atom is -0.311 e. The Hall–Kier alpha value is -1.99. The number of nitrogens with one attached hydrogen (secondary N) is 1. The van der Waals surface area contributed by atoms with Gasteiger partial charge in [-0.15, -0.1) is 5.10 Å². The molecule has 0 bridgehead atoms. The number of hydrogen-bond acceptors (Lipinski definition) is 5. The van der Waals surface area contributed by atoms with Crippen molar-refractivity contribution in [3.63, 3.8) is 0 Å². The molecule has 7 nitrogen and oxygen atoms in total. The topological polar surface area (TPSA) is 85.9 Å². The molecule has 0 radical (unpaired) electrons. The summed E-state index contributed by atoms with van der Waals surface area (Å²) in [5.41, 5.74) is 0.633. The number of nitro benzene ring substituents is 1. The third-order valence-corrected chi connectivity index (χ3v) is 2.78. The van der Waals surface area contributed by atoms with Gasteiger partial charge in [0, 0.05) is 35.9 Å². The van der Waals surface area contributed by atoms with Gasteiger partial charge in [-0.25, -0.2) is 0 Å². The summed E-state index contributed by atoms with van der Waals surface area (Å²) < 4.78 is 1.68. The highest BCUT2D eigenvalue weighted by Gasteiger charge is 2.13. The number of hydrogen-bond donors (Lipinski definition) is 1. The predicted octanol–water partition coefficient (Wildman–Crippen LogP) is 1.63. The van der Waals surface area contributed by atoms with E-state index in [9.17, 15) is 10.1 Å². The van der Waals surface area contributed by atoms with Crippen LogP contribution in [0.1, 0.15) is 5.56 Å². The van der Waals surface area contributed by atoms with Crippen LogP contribution in [0.25, 0.3) is 0 Å². The number of halogens is 1. The molecule has 0 aliphatic rings. The lowest BCUT2D eigenvalue weighted by atomic mass is 10.2. The van der Waals surface area contributed by atoms with Gasteiger partial charge in [0.25, 0.3) is 5.69 Å². The first kappa shape index (κ1) is 13.4. The zero-order chi connectivity index (χ0) is 13.7. The Kier molecular flexibility index (Phi) is 4.43. The van der Waals surface area contributed by atoms with Crippen molar-refractivity contribution in [2.24, 2.45) is 0 Å². The molecule has 1 aromatic heterocycles. The SMILES string of the molecule is O=[N+]([O-])c1ccc(Cl)cc1CNCCn1ccnn1. The molecule has 0 aliphatic heterocycles. The van der Waals surface area contributed by atoms with Crippen molar-refractivity contribution in [3.05, 3.63) is 51.3 Å². The van der Waals surface area contributed by atoms with E-state index >= 15 is 0 Å². The fraction of sp³-hybridized carbons (Fsp3) is 0.273. The van der Waals surface area contributed by atoms with Crippen molar-refractivity contribution in [2.45, 2.75) is 13.1 Å². The second-order valence-electron chi connectivity index (χ2n) is 3.87. The Morgan fingerprint density at radius 2 is 2.32 bits per heavy atom. The van der Waals surface area contributed by atoms with Crippen LogP contribution in [0.5, 0.6) is 0 Å². The second kappa shape index (κ2) is 6.26. The molecule has 2 rings (SSSR count). The number of nitrogens with zero attached hydrogens (tertiary/aromatic N) is 4. The van der Waals surface area contributed by atoms with Gasteiger partial charge in [0.15, 0.2) is 0 Å². The lowest BCUT2D eigenvalue weighted by Gasteiger charge is -2.06. The van der Waals surface area contributed by atoms with E-state index in [1.165, 1.54) is 12.1 Å². The van der Waals surface area contributed by atoms with Crippen molar-refractivity contribution in [3.8, 4) is 0 Å². The Balaban J connectivity index is 1.91. The summed E-state index contributed by atoms with van der Waals surface area (Å²) >= 11 is 5.84. The van der Waals surface area contributed by atoms with E-state index in [0.717, 1.165) is 0 Å². The monoisotopic (exact) mass is 281 g/mol. The molecule has 0 aliphatic carbocycles. The van der Waals surface area contributed by atoms with Crippen molar-refractivity contribution < 1.29 is 4.92 Å². The summed E-state index contributed by atoms with van der Waals surface area (Å²) in [7, 11) is 0. The number of benzene rings is 1. The van der Waals surface area contributed by atoms with Gasteiger partial charge in [-0.2, -0.15) is 0 Å². The summed E-state index contributed by atoms with van der Waals surface area (Å²) in [5.74, 6) is 0.